The molecule has 0 radical (unpaired) electrons. The third kappa shape index (κ3) is 1.84. The van der Waals surface area contributed by atoms with Crippen molar-refractivity contribution in [3.63, 3.8) is 0 Å². The lowest BCUT2D eigenvalue weighted by atomic mass is 9.96. The summed E-state index contributed by atoms with van der Waals surface area (Å²) < 4.78 is 7.88. The molecule has 0 unspecified atom stereocenters. The number of hydrogen-bond donors (Lipinski definition) is 2. The monoisotopic (exact) mass is 321 g/mol. The number of morpholine rings is 1. The largest absolute Gasteiger partial charge is 0.388 e. The number of H-pyrrole nitrogens is 1. The van der Waals surface area contributed by atoms with Gasteiger partial charge in [-0.3, -0.25) is 9.36 Å². The van der Waals surface area contributed by atoms with Crippen molar-refractivity contribution in [2.45, 2.75) is 44.2 Å². The summed E-state index contributed by atoms with van der Waals surface area (Å²) in [5, 5.41) is 12.4. The molecule has 2 bridgehead atoms. The Bertz CT molecular complexity index is 817. The van der Waals surface area contributed by atoms with Gasteiger partial charge in [0.15, 0.2) is 17.4 Å². The van der Waals surface area contributed by atoms with Gasteiger partial charge in [-0.1, -0.05) is 6.92 Å². The van der Waals surface area contributed by atoms with Crippen LogP contribution in [0.25, 0.3) is 11.2 Å². The van der Waals surface area contributed by atoms with Gasteiger partial charge in [-0.05, 0) is 13.3 Å². The number of aliphatic hydroxyl groups excluding tert-OH is 1. The van der Waals surface area contributed by atoms with Crippen LogP contribution < -0.4 is 5.56 Å². The first-order valence-electron chi connectivity index (χ1n) is 7.61. The molecule has 0 aromatic carbocycles. The molecular weight excluding hydrogens is 302 g/mol. The molecule has 2 aromatic heterocycles. The molecule has 9 nitrogen and oxygen atoms in total. The fourth-order valence-corrected chi connectivity index (χ4v) is 3.68. The van der Waals surface area contributed by atoms with Crippen LogP contribution in [0.5, 0.6) is 0 Å². The molecule has 2 saturated heterocycles. The highest BCUT2D eigenvalue weighted by atomic mass is 16.7. The van der Waals surface area contributed by atoms with Gasteiger partial charge in [0.1, 0.15) is 23.6 Å². The SMILES string of the molecule is CC[C@]12CN(OC)[C@H]([C@H](n3cnc4c(=O)[nH]c(C)nc43)O1)[C@H]2O. The van der Waals surface area contributed by atoms with Crippen molar-refractivity contribution in [2.75, 3.05) is 13.7 Å². The topological polar surface area (TPSA) is 106 Å². The van der Waals surface area contributed by atoms with E-state index in [9.17, 15) is 9.90 Å². The highest BCUT2D eigenvalue weighted by Crippen LogP contribution is 2.48. The smallest absolute Gasteiger partial charge is 0.279 e. The number of aryl methyl sites for hydroxylation is 1. The number of hydroxylamine groups is 2. The van der Waals surface area contributed by atoms with Crippen LogP contribution >= 0.6 is 0 Å². The molecule has 4 heterocycles. The lowest BCUT2D eigenvalue weighted by molar-refractivity contribution is -0.234. The van der Waals surface area contributed by atoms with Gasteiger partial charge >= 0.3 is 0 Å². The lowest BCUT2D eigenvalue weighted by Crippen LogP contribution is -2.45. The van der Waals surface area contributed by atoms with E-state index in [1.807, 2.05) is 6.92 Å². The first-order valence-corrected chi connectivity index (χ1v) is 7.61. The van der Waals surface area contributed by atoms with Crippen molar-refractivity contribution >= 4 is 11.2 Å². The van der Waals surface area contributed by atoms with Crippen molar-refractivity contribution < 1.29 is 14.7 Å². The number of aromatic nitrogens is 4. The molecular formula is C14H19N5O4. The Hall–Kier alpha value is -1.81. The van der Waals surface area contributed by atoms with E-state index in [2.05, 4.69) is 15.0 Å². The van der Waals surface area contributed by atoms with E-state index in [0.29, 0.717) is 24.4 Å². The maximum absolute atomic E-state index is 12.0. The van der Waals surface area contributed by atoms with E-state index < -0.39 is 17.9 Å². The molecule has 124 valence electrons. The van der Waals surface area contributed by atoms with Gasteiger partial charge in [-0.25, -0.2) is 9.97 Å². The minimum atomic E-state index is -0.682. The number of nitrogens with zero attached hydrogens (tertiary/aromatic N) is 4. The second kappa shape index (κ2) is 4.84. The molecule has 2 N–H and O–H groups in total. The first kappa shape index (κ1) is 14.8. The van der Waals surface area contributed by atoms with Crippen LogP contribution in [-0.4, -0.2) is 61.1 Å². The summed E-state index contributed by atoms with van der Waals surface area (Å²) in [5.74, 6) is 0.502. The van der Waals surface area contributed by atoms with E-state index in [1.54, 1.807) is 23.7 Å². The van der Waals surface area contributed by atoms with Crippen LogP contribution in [0.1, 0.15) is 25.4 Å². The van der Waals surface area contributed by atoms with E-state index in [4.69, 9.17) is 9.57 Å². The second-order valence-electron chi connectivity index (χ2n) is 6.10. The highest BCUT2D eigenvalue weighted by Gasteiger charge is 2.63. The Balaban J connectivity index is 1.84. The van der Waals surface area contributed by atoms with Gasteiger partial charge in [-0.2, -0.15) is 5.06 Å². The molecule has 9 heteroatoms. The maximum Gasteiger partial charge on any atom is 0.279 e. The Labute approximate surface area is 131 Å². The first-order chi connectivity index (χ1) is 11.0. The van der Waals surface area contributed by atoms with E-state index in [1.165, 1.54) is 6.33 Å². The molecule has 23 heavy (non-hydrogen) atoms. The molecule has 0 amide bonds. The number of aromatic amines is 1. The number of rotatable bonds is 3. The molecule has 0 spiro atoms. The zero-order chi connectivity index (χ0) is 16.4. The number of imidazole rings is 1. The van der Waals surface area contributed by atoms with Gasteiger partial charge < -0.3 is 19.7 Å². The van der Waals surface area contributed by atoms with Crippen LogP contribution in [0.2, 0.25) is 0 Å². The Morgan fingerprint density at radius 1 is 1.61 bits per heavy atom. The Morgan fingerprint density at radius 2 is 2.39 bits per heavy atom. The minimum absolute atomic E-state index is 0.256. The summed E-state index contributed by atoms with van der Waals surface area (Å²) in [6, 6.07) is -0.376. The molecule has 0 aliphatic carbocycles. The normalized spacial score (nSPS) is 33.8. The molecule has 2 aromatic rings. The predicted octanol–water partition coefficient (Wildman–Crippen LogP) is -0.288. The van der Waals surface area contributed by atoms with E-state index >= 15 is 0 Å². The lowest BCUT2D eigenvalue weighted by Gasteiger charge is -2.35. The van der Waals surface area contributed by atoms with Gasteiger partial charge in [0.25, 0.3) is 5.56 Å². The zero-order valence-corrected chi connectivity index (χ0v) is 13.2. The average Bonchev–Trinajstić information content (AvgIpc) is 3.15. The number of ether oxygens (including phenoxy) is 1. The Kier molecular flexibility index (Phi) is 3.11. The molecule has 2 aliphatic rings. The third-order valence-corrected chi connectivity index (χ3v) is 4.92. The van der Waals surface area contributed by atoms with Crippen LogP contribution in [0.3, 0.4) is 0 Å². The molecule has 2 aliphatic heterocycles. The standard InChI is InChI=1S/C14H19N5O4/c1-4-14-5-19(22-3)9(10(14)20)13(23-14)18-6-15-8-11(18)16-7(2)17-12(8)21/h6,9-10,13,20H,4-5H2,1-3H3,(H,16,17,21)/t9-,10+,13+,14+/m0/s1. The molecule has 4 atom stereocenters. The average molecular weight is 321 g/mol. The zero-order valence-electron chi connectivity index (χ0n) is 13.2. The van der Waals surface area contributed by atoms with Crippen molar-refractivity contribution in [2.24, 2.45) is 0 Å². The minimum Gasteiger partial charge on any atom is -0.388 e. The van der Waals surface area contributed by atoms with Crippen LogP contribution in [0, 0.1) is 6.92 Å². The van der Waals surface area contributed by atoms with Gasteiger partial charge in [0, 0.05) is 0 Å². The van der Waals surface area contributed by atoms with Crippen molar-refractivity contribution in [1.29, 1.82) is 0 Å². The van der Waals surface area contributed by atoms with Gasteiger partial charge in [-0.15, -0.1) is 0 Å². The maximum atomic E-state index is 12.0. The summed E-state index contributed by atoms with van der Waals surface area (Å²) in [6.07, 6.45) is 0.984. The number of aliphatic hydroxyl groups is 1. The highest BCUT2D eigenvalue weighted by molar-refractivity contribution is 5.69. The van der Waals surface area contributed by atoms with Crippen molar-refractivity contribution in [3.05, 3.63) is 22.5 Å². The van der Waals surface area contributed by atoms with Gasteiger partial charge in [0.05, 0.1) is 20.0 Å². The number of hydrogen-bond acceptors (Lipinski definition) is 7. The number of fused-ring (bicyclic) bond motifs is 3. The second-order valence-corrected chi connectivity index (χ2v) is 6.10. The van der Waals surface area contributed by atoms with Crippen LogP contribution in [0.4, 0.5) is 0 Å². The van der Waals surface area contributed by atoms with Crippen molar-refractivity contribution in [1.82, 2.24) is 24.6 Å². The third-order valence-electron chi connectivity index (χ3n) is 4.92. The van der Waals surface area contributed by atoms with E-state index in [-0.39, 0.29) is 17.1 Å². The summed E-state index contributed by atoms with van der Waals surface area (Å²) in [6.45, 7) is 4.19. The van der Waals surface area contributed by atoms with Crippen molar-refractivity contribution in [3.8, 4) is 0 Å². The number of nitrogens with one attached hydrogen (secondary N) is 1. The Morgan fingerprint density at radius 3 is 3.04 bits per heavy atom. The quantitative estimate of drug-likeness (QED) is 0.800. The summed E-state index contributed by atoms with van der Waals surface area (Å²) in [7, 11) is 1.58. The van der Waals surface area contributed by atoms with Crippen LogP contribution in [0.15, 0.2) is 11.1 Å². The summed E-state index contributed by atoms with van der Waals surface area (Å²) in [4.78, 5) is 28.5. The molecule has 4 rings (SSSR count). The van der Waals surface area contributed by atoms with E-state index in [0.717, 1.165) is 0 Å². The fraction of sp³-hybridized carbons (Fsp3) is 0.643. The summed E-state index contributed by atoms with van der Waals surface area (Å²) >= 11 is 0. The molecule has 2 fully saturated rings. The van der Waals surface area contributed by atoms with Crippen LogP contribution in [-0.2, 0) is 9.57 Å². The fourth-order valence-electron chi connectivity index (χ4n) is 3.68. The molecule has 0 saturated carbocycles. The summed E-state index contributed by atoms with van der Waals surface area (Å²) in [5.41, 5.74) is -0.272. The predicted molar refractivity (Wildman–Crippen MR) is 79.5 cm³/mol. The van der Waals surface area contributed by atoms with Gasteiger partial charge in [0.2, 0.25) is 0 Å².